The highest BCUT2D eigenvalue weighted by Gasteiger charge is 2.20. The van der Waals surface area contributed by atoms with E-state index in [0.29, 0.717) is 17.2 Å². The monoisotopic (exact) mass is 449 g/mol. The molecule has 1 amide bonds. The molecule has 172 valence electrons. The molecular formula is C25H28FN5O2. The highest BCUT2D eigenvalue weighted by molar-refractivity contribution is 5.95. The maximum Gasteiger partial charge on any atom is 0.254 e. The van der Waals surface area contributed by atoms with Crippen molar-refractivity contribution in [2.24, 2.45) is 0 Å². The molecule has 8 heteroatoms. The van der Waals surface area contributed by atoms with E-state index < -0.39 is 5.82 Å². The number of rotatable bonds is 6. The summed E-state index contributed by atoms with van der Waals surface area (Å²) in [7, 11) is 0. The Balaban J connectivity index is 1.32. The van der Waals surface area contributed by atoms with Crippen LogP contribution in [0.3, 0.4) is 0 Å². The van der Waals surface area contributed by atoms with E-state index in [2.05, 4.69) is 25.9 Å². The molecule has 7 nitrogen and oxygen atoms in total. The summed E-state index contributed by atoms with van der Waals surface area (Å²) in [6, 6.07) is 10.4. The van der Waals surface area contributed by atoms with Crippen LogP contribution in [0.1, 0.15) is 48.9 Å². The number of carbonyl (C=O) groups is 1. The minimum Gasteiger partial charge on any atom is -0.488 e. The number of benzene rings is 2. The Hall–Kier alpha value is -3.26. The molecule has 2 heterocycles. The van der Waals surface area contributed by atoms with E-state index in [0.717, 1.165) is 62.8 Å². The number of carbonyl (C=O) groups excluding carboxylic acids is 1. The number of piperidine rings is 1. The smallest absolute Gasteiger partial charge is 0.254 e. The highest BCUT2D eigenvalue weighted by atomic mass is 19.1. The fourth-order valence-electron chi connectivity index (χ4n) is 4.52. The van der Waals surface area contributed by atoms with Crippen LogP contribution in [0.15, 0.2) is 42.6 Å². The lowest BCUT2D eigenvalue weighted by Gasteiger charge is -2.24. The molecule has 0 radical (unpaired) electrons. The molecule has 1 aromatic heterocycles. The van der Waals surface area contributed by atoms with Crippen LogP contribution >= 0.6 is 0 Å². The van der Waals surface area contributed by atoms with Crippen LogP contribution in [-0.2, 0) is 0 Å². The van der Waals surface area contributed by atoms with Crippen molar-refractivity contribution >= 4 is 28.4 Å². The molecule has 1 saturated carbocycles. The standard InChI is InChI=1S/C25H28FN5O2/c26-21-14-18(8-9-20(21)24(32)29-17-5-1-2-6-17)30-25-28-15-16-4-3-7-22(23(16)31-25)33-19-10-12-27-13-11-19/h3-4,7-9,14-15,17,19,27H,1-2,5-6,10-13H2,(H,29,32)(H,28,30,31). The second-order valence-electron chi connectivity index (χ2n) is 8.73. The lowest BCUT2D eigenvalue weighted by Crippen LogP contribution is -2.34. The summed E-state index contributed by atoms with van der Waals surface area (Å²) >= 11 is 0. The Morgan fingerprint density at radius 3 is 2.70 bits per heavy atom. The number of anilines is 2. The van der Waals surface area contributed by atoms with Crippen LogP contribution < -0.4 is 20.7 Å². The van der Waals surface area contributed by atoms with E-state index in [-0.39, 0.29) is 23.6 Å². The predicted molar refractivity (Wildman–Crippen MR) is 125 cm³/mol. The molecule has 3 N–H and O–H groups in total. The average Bonchev–Trinajstić information content (AvgIpc) is 3.33. The molecule has 33 heavy (non-hydrogen) atoms. The van der Waals surface area contributed by atoms with E-state index in [4.69, 9.17) is 4.74 Å². The zero-order chi connectivity index (χ0) is 22.6. The van der Waals surface area contributed by atoms with Gasteiger partial charge in [0, 0.05) is 23.3 Å². The van der Waals surface area contributed by atoms with Crippen molar-refractivity contribution in [3.8, 4) is 5.75 Å². The van der Waals surface area contributed by atoms with Crippen LogP contribution in [0.5, 0.6) is 5.75 Å². The normalized spacial score (nSPS) is 17.2. The Kier molecular flexibility index (Phi) is 6.35. The summed E-state index contributed by atoms with van der Waals surface area (Å²) < 4.78 is 20.9. The van der Waals surface area contributed by atoms with Gasteiger partial charge < -0.3 is 20.7 Å². The third kappa shape index (κ3) is 5.06. The van der Waals surface area contributed by atoms with Crippen LogP contribution in [0.25, 0.3) is 10.9 Å². The number of aromatic nitrogens is 2. The average molecular weight is 450 g/mol. The maximum absolute atomic E-state index is 14.7. The molecule has 1 saturated heterocycles. The van der Waals surface area contributed by atoms with Gasteiger partial charge in [0.05, 0.1) is 5.56 Å². The predicted octanol–water partition coefficient (Wildman–Crippen LogP) is 4.32. The molecule has 0 atom stereocenters. The van der Waals surface area contributed by atoms with E-state index in [9.17, 15) is 9.18 Å². The van der Waals surface area contributed by atoms with E-state index >= 15 is 0 Å². The highest BCUT2D eigenvalue weighted by Crippen LogP contribution is 2.28. The molecule has 0 bridgehead atoms. The van der Waals surface area contributed by atoms with Gasteiger partial charge in [0.2, 0.25) is 5.95 Å². The van der Waals surface area contributed by atoms with Gasteiger partial charge in [-0.15, -0.1) is 0 Å². The summed E-state index contributed by atoms with van der Waals surface area (Å²) in [6.45, 7) is 1.88. The Bertz CT molecular complexity index is 1140. The van der Waals surface area contributed by atoms with Crippen LogP contribution in [-0.4, -0.2) is 41.1 Å². The number of hydrogen-bond acceptors (Lipinski definition) is 6. The van der Waals surface area contributed by atoms with Gasteiger partial charge in [0.15, 0.2) is 0 Å². The van der Waals surface area contributed by atoms with Gasteiger partial charge in [-0.25, -0.2) is 14.4 Å². The lowest BCUT2D eigenvalue weighted by atomic mass is 10.1. The van der Waals surface area contributed by atoms with Gasteiger partial charge in [0.25, 0.3) is 5.91 Å². The summed E-state index contributed by atoms with van der Waals surface area (Å²) in [6.07, 6.45) is 7.89. The van der Waals surface area contributed by atoms with Crippen LogP contribution in [0.2, 0.25) is 0 Å². The Morgan fingerprint density at radius 2 is 1.91 bits per heavy atom. The number of halogens is 1. The maximum atomic E-state index is 14.7. The van der Waals surface area contributed by atoms with E-state index in [1.165, 1.54) is 12.1 Å². The number of nitrogens with zero attached hydrogens (tertiary/aromatic N) is 2. The second kappa shape index (κ2) is 9.70. The quantitative estimate of drug-likeness (QED) is 0.520. The third-order valence-corrected chi connectivity index (χ3v) is 6.31. The molecule has 1 aliphatic carbocycles. The number of ether oxygens (including phenoxy) is 1. The minimum absolute atomic E-state index is 0.0459. The minimum atomic E-state index is -0.578. The molecule has 2 aromatic carbocycles. The van der Waals surface area contributed by atoms with E-state index in [1.54, 1.807) is 12.3 Å². The number of para-hydroxylation sites is 1. The van der Waals surface area contributed by atoms with Gasteiger partial charge in [-0.1, -0.05) is 25.0 Å². The van der Waals surface area contributed by atoms with Gasteiger partial charge in [-0.2, -0.15) is 0 Å². The topological polar surface area (TPSA) is 88.2 Å². The zero-order valence-corrected chi connectivity index (χ0v) is 18.4. The van der Waals surface area contributed by atoms with Crippen molar-refractivity contribution in [3.63, 3.8) is 0 Å². The number of fused-ring (bicyclic) bond motifs is 1. The van der Waals surface area contributed by atoms with Gasteiger partial charge in [-0.05, 0) is 63.0 Å². The SMILES string of the molecule is O=C(NC1CCCC1)c1ccc(Nc2ncc3cccc(OC4CCNCC4)c3n2)cc1F. The summed E-state index contributed by atoms with van der Waals surface area (Å²) in [5, 5.41) is 10.2. The van der Waals surface area contributed by atoms with Crippen molar-refractivity contribution in [2.75, 3.05) is 18.4 Å². The molecule has 0 spiro atoms. The molecule has 0 unspecified atom stereocenters. The van der Waals surface area contributed by atoms with Gasteiger partial charge in [0.1, 0.15) is 23.2 Å². The Labute approximate surface area is 192 Å². The summed E-state index contributed by atoms with van der Waals surface area (Å²) in [5.74, 6) is 0.111. The first-order valence-electron chi connectivity index (χ1n) is 11.7. The van der Waals surface area contributed by atoms with Crippen molar-refractivity contribution < 1.29 is 13.9 Å². The number of amides is 1. The van der Waals surface area contributed by atoms with Gasteiger partial charge in [-0.3, -0.25) is 4.79 Å². The van der Waals surface area contributed by atoms with Crippen molar-refractivity contribution in [1.82, 2.24) is 20.6 Å². The molecule has 3 aromatic rings. The Morgan fingerprint density at radius 1 is 1.09 bits per heavy atom. The van der Waals surface area contributed by atoms with Crippen LogP contribution in [0.4, 0.5) is 16.0 Å². The summed E-state index contributed by atoms with van der Waals surface area (Å²) in [4.78, 5) is 21.4. The fraction of sp³-hybridized carbons (Fsp3) is 0.400. The first-order valence-corrected chi connectivity index (χ1v) is 11.7. The van der Waals surface area contributed by atoms with E-state index in [1.807, 2.05) is 18.2 Å². The van der Waals surface area contributed by atoms with Gasteiger partial charge >= 0.3 is 0 Å². The van der Waals surface area contributed by atoms with Crippen molar-refractivity contribution in [3.05, 3.63) is 54.0 Å². The fourth-order valence-corrected chi connectivity index (χ4v) is 4.52. The molecule has 2 aliphatic rings. The zero-order valence-electron chi connectivity index (χ0n) is 18.4. The number of nitrogens with one attached hydrogen (secondary N) is 3. The summed E-state index contributed by atoms with van der Waals surface area (Å²) in [5.41, 5.74) is 1.23. The third-order valence-electron chi connectivity index (χ3n) is 6.31. The van der Waals surface area contributed by atoms with Crippen molar-refractivity contribution in [2.45, 2.75) is 50.7 Å². The van der Waals surface area contributed by atoms with Crippen molar-refractivity contribution in [1.29, 1.82) is 0 Å². The first-order chi connectivity index (χ1) is 16.2. The number of hydrogen-bond donors (Lipinski definition) is 3. The molecule has 5 rings (SSSR count). The molecule has 2 fully saturated rings. The second-order valence-corrected chi connectivity index (χ2v) is 8.73. The largest absolute Gasteiger partial charge is 0.488 e. The molecule has 1 aliphatic heterocycles. The van der Waals surface area contributed by atoms with Crippen LogP contribution in [0, 0.1) is 5.82 Å². The lowest BCUT2D eigenvalue weighted by molar-refractivity contribution is 0.0934. The molecular weight excluding hydrogens is 421 g/mol. The first kappa shape index (κ1) is 21.6.